The second kappa shape index (κ2) is 2.75. The van der Waals surface area contributed by atoms with Gasteiger partial charge in [0.2, 0.25) is 0 Å². The summed E-state index contributed by atoms with van der Waals surface area (Å²) in [6, 6.07) is 0.139. The van der Waals surface area contributed by atoms with E-state index in [1.54, 1.807) is 6.08 Å². The van der Waals surface area contributed by atoms with Gasteiger partial charge in [-0.3, -0.25) is 10.1 Å². The van der Waals surface area contributed by atoms with Crippen LogP contribution in [0.15, 0.2) is 12.7 Å². The smallest absolute Gasteiger partial charge is 0.165 e. The quantitative estimate of drug-likeness (QED) is 0.408. The Bertz CT molecular complexity index is 110. The maximum absolute atomic E-state index is 10.0. The number of carbonyl (C=O) groups is 1. The summed E-state index contributed by atoms with van der Waals surface area (Å²) in [6.07, 6.45) is 2.04. The summed E-state index contributed by atoms with van der Waals surface area (Å²) in [7, 11) is 0. The first kappa shape index (κ1) is 6.45. The fourth-order valence-electron chi connectivity index (χ4n) is 0.729. The van der Waals surface area contributed by atoms with Crippen LogP contribution in [0.2, 0.25) is 0 Å². The van der Waals surface area contributed by atoms with Crippen LogP contribution in [-0.4, -0.2) is 25.2 Å². The zero-order chi connectivity index (χ0) is 6.69. The summed E-state index contributed by atoms with van der Waals surface area (Å²) in [5.41, 5.74) is 0. The Kier molecular flexibility index (Phi) is 1.97. The highest BCUT2D eigenvalue weighted by Gasteiger charge is 2.20. The van der Waals surface area contributed by atoms with E-state index in [4.69, 9.17) is 4.74 Å². The van der Waals surface area contributed by atoms with E-state index >= 15 is 0 Å². The molecule has 50 valence electrons. The predicted molar refractivity (Wildman–Crippen MR) is 32.9 cm³/mol. The zero-order valence-corrected chi connectivity index (χ0v) is 5.04. The van der Waals surface area contributed by atoms with Crippen molar-refractivity contribution in [2.45, 2.75) is 12.3 Å². The Morgan fingerprint density at radius 1 is 1.78 bits per heavy atom. The monoisotopic (exact) mass is 127 g/mol. The van der Waals surface area contributed by atoms with Crippen LogP contribution in [-0.2, 0) is 9.53 Å². The van der Waals surface area contributed by atoms with Gasteiger partial charge in [0.05, 0.1) is 12.6 Å². The molecule has 0 aromatic heterocycles. The van der Waals surface area contributed by atoms with Gasteiger partial charge in [-0.1, -0.05) is 6.08 Å². The number of nitrogens with one attached hydrogen (secondary N) is 1. The van der Waals surface area contributed by atoms with Crippen molar-refractivity contribution in [2.24, 2.45) is 0 Å². The van der Waals surface area contributed by atoms with Crippen LogP contribution >= 0.6 is 0 Å². The van der Waals surface area contributed by atoms with Gasteiger partial charge in [-0.2, -0.15) is 0 Å². The third-order valence-electron chi connectivity index (χ3n) is 1.24. The zero-order valence-electron chi connectivity index (χ0n) is 5.04. The number of aldehydes is 1. The van der Waals surface area contributed by atoms with Gasteiger partial charge in [0.25, 0.3) is 0 Å². The molecule has 1 aliphatic rings. The minimum atomic E-state index is -0.423. The molecular weight excluding hydrogens is 118 g/mol. The molecule has 9 heavy (non-hydrogen) atoms. The summed E-state index contributed by atoms with van der Waals surface area (Å²) in [4.78, 5) is 10.0. The Hall–Kier alpha value is -0.670. The van der Waals surface area contributed by atoms with Crippen LogP contribution in [0.25, 0.3) is 0 Å². The molecular formula is C6H9NO2. The van der Waals surface area contributed by atoms with Crippen LogP contribution in [0.3, 0.4) is 0 Å². The average Bonchev–Trinajstić information content (AvgIpc) is 2.34. The molecule has 1 heterocycles. The van der Waals surface area contributed by atoms with Crippen molar-refractivity contribution in [3.8, 4) is 0 Å². The molecule has 1 fully saturated rings. The number of ether oxygens (including phenoxy) is 1. The van der Waals surface area contributed by atoms with Crippen LogP contribution in [0, 0.1) is 0 Å². The molecule has 1 N–H and O–H groups in total. The first-order chi connectivity index (χ1) is 4.36. The van der Waals surface area contributed by atoms with Gasteiger partial charge in [0.1, 0.15) is 0 Å². The van der Waals surface area contributed by atoms with Crippen molar-refractivity contribution in [1.82, 2.24) is 5.32 Å². The average molecular weight is 127 g/mol. The Morgan fingerprint density at radius 2 is 2.56 bits per heavy atom. The highest BCUT2D eigenvalue weighted by atomic mass is 16.5. The highest BCUT2D eigenvalue weighted by molar-refractivity contribution is 5.55. The van der Waals surface area contributed by atoms with E-state index in [-0.39, 0.29) is 6.04 Å². The molecule has 0 amide bonds. The van der Waals surface area contributed by atoms with Crippen molar-refractivity contribution >= 4 is 6.29 Å². The molecule has 3 nitrogen and oxygen atoms in total. The Balaban J connectivity index is 2.36. The largest absolute Gasteiger partial charge is 0.354 e. The van der Waals surface area contributed by atoms with E-state index in [0.29, 0.717) is 6.61 Å². The fourth-order valence-corrected chi connectivity index (χ4v) is 0.729. The van der Waals surface area contributed by atoms with E-state index in [1.165, 1.54) is 0 Å². The first-order valence-electron chi connectivity index (χ1n) is 2.82. The van der Waals surface area contributed by atoms with Crippen molar-refractivity contribution in [3.05, 3.63) is 12.7 Å². The Labute approximate surface area is 53.7 Å². The molecule has 0 aromatic rings. The molecule has 1 rings (SSSR count). The normalized spacial score (nSPS) is 34.2. The fraction of sp³-hybridized carbons (Fsp3) is 0.500. The molecule has 0 spiro atoms. The lowest BCUT2D eigenvalue weighted by Gasteiger charge is -1.99. The first-order valence-corrected chi connectivity index (χ1v) is 2.82. The lowest BCUT2D eigenvalue weighted by atomic mass is 10.3. The molecule has 1 aliphatic heterocycles. The second-order valence-electron chi connectivity index (χ2n) is 1.90. The molecule has 2 atom stereocenters. The van der Waals surface area contributed by atoms with Crippen LogP contribution in [0.5, 0.6) is 0 Å². The Morgan fingerprint density at radius 3 is 2.89 bits per heavy atom. The maximum Gasteiger partial charge on any atom is 0.165 e. The van der Waals surface area contributed by atoms with Gasteiger partial charge in [-0.25, -0.2) is 0 Å². The SMILES string of the molecule is C=C[C@H]1COC(C=O)N1. The summed E-state index contributed by atoms with van der Waals surface area (Å²) < 4.78 is 4.96. The van der Waals surface area contributed by atoms with Crippen LogP contribution < -0.4 is 5.32 Å². The van der Waals surface area contributed by atoms with E-state index in [2.05, 4.69) is 11.9 Å². The minimum absolute atomic E-state index is 0.139. The lowest BCUT2D eigenvalue weighted by Crippen LogP contribution is -2.29. The molecule has 1 saturated heterocycles. The van der Waals surface area contributed by atoms with Gasteiger partial charge in [-0.15, -0.1) is 6.58 Å². The number of hydrogen-bond acceptors (Lipinski definition) is 3. The summed E-state index contributed by atoms with van der Waals surface area (Å²) >= 11 is 0. The summed E-state index contributed by atoms with van der Waals surface area (Å²) in [6.45, 7) is 4.10. The van der Waals surface area contributed by atoms with Gasteiger partial charge < -0.3 is 4.74 Å². The van der Waals surface area contributed by atoms with Gasteiger partial charge in [0.15, 0.2) is 12.5 Å². The van der Waals surface area contributed by atoms with Crippen LogP contribution in [0.1, 0.15) is 0 Å². The van der Waals surface area contributed by atoms with Gasteiger partial charge in [0, 0.05) is 0 Å². The van der Waals surface area contributed by atoms with Crippen molar-refractivity contribution in [1.29, 1.82) is 0 Å². The topological polar surface area (TPSA) is 38.3 Å². The molecule has 0 bridgehead atoms. The standard InChI is InChI=1S/C6H9NO2/c1-2-5-4-9-6(3-8)7-5/h2-3,5-7H,1,4H2/t5-,6?/m0/s1. The van der Waals surface area contributed by atoms with E-state index in [1.807, 2.05) is 0 Å². The predicted octanol–water partition coefficient (Wildman–Crippen LogP) is -0.314. The van der Waals surface area contributed by atoms with Crippen molar-refractivity contribution < 1.29 is 9.53 Å². The molecule has 0 aliphatic carbocycles. The van der Waals surface area contributed by atoms with E-state index < -0.39 is 6.23 Å². The third-order valence-corrected chi connectivity index (χ3v) is 1.24. The molecule has 1 unspecified atom stereocenters. The molecule has 3 heteroatoms. The second-order valence-corrected chi connectivity index (χ2v) is 1.90. The molecule has 0 saturated carbocycles. The summed E-state index contributed by atoms with van der Waals surface area (Å²) in [5.74, 6) is 0. The van der Waals surface area contributed by atoms with Crippen molar-refractivity contribution in [3.63, 3.8) is 0 Å². The van der Waals surface area contributed by atoms with E-state index in [9.17, 15) is 4.79 Å². The van der Waals surface area contributed by atoms with Gasteiger partial charge in [-0.05, 0) is 0 Å². The molecule has 0 radical (unpaired) electrons. The van der Waals surface area contributed by atoms with E-state index in [0.717, 1.165) is 6.29 Å². The minimum Gasteiger partial charge on any atom is -0.354 e. The lowest BCUT2D eigenvalue weighted by molar-refractivity contribution is -0.116. The third kappa shape index (κ3) is 1.37. The number of rotatable bonds is 2. The number of carbonyl (C=O) groups excluding carboxylic acids is 1. The summed E-state index contributed by atoms with van der Waals surface area (Å²) in [5, 5.41) is 2.88. The highest BCUT2D eigenvalue weighted by Crippen LogP contribution is 2.00. The molecule has 0 aromatic carbocycles. The number of hydrogen-bond donors (Lipinski definition) is 1. The maximum atomic E-state index is 10.0. The van der Waals surface area contributed by atoms with Crippen LogP contribution in [0.4, 0.5) is 0 Å². The van der Waals surface area contributed by atoms with Gasteiger partial charge >= 0.3 is 0 Å². The van der Waals surface area contributed by atoms with Crippen molar-refractivity contribution in [2.75, 3.05) is 6.61 Å².